The van der Waals surface area contributed by atoms with Gasteiger partial charge in [-0.2, -0.15) is 0 Å². The quantitative estimate of drug-likeness (QED) is 0.776. The van der Waals surface area contributed by atoms with Gasteiger partial charge in [0, 0.05) is 29.4 Å². The molecule has 0 aliphatic carbocycles. The normalized spacial score (nSPS) is 18.9. The molecule has 1 aromatic carbocycles. The van der Waals surface area contributed by atoms with Crippen LogP contribution in [0.25, 0.3) is 0 Å². The molecule has 0 bridgehead atoms. The summed E-state index contributed by atoms with van der Waals surface area (Å²) in [7, 11) is -0.793. The summed E-state index contributed by atoms with van der Waals surface area (Å²) < 4.78 is 11.1. The third kappa shape index (κ3) is 4.14. The van der Waals surface area contributed by atoms with E-state index in [-0.39, 0.29) is 5.91 Å². The van der Waals surface area contributed by atoms with Crippen LogP contribution in [-0.2, 0) is 21.0 Å². The van der Waals surface area contributed by atoms with Gasteiger partial charge in [0.1, 0.15) is 0 Å². The minimum atomic E-state index is -0.793. The lowest BCUT2D eigenvalue weighted by atomic mass is 9.72. The Morgan fingerprint density at radius 3 is 2.57 bits per heavy atom. The highest BCUT2D eigenvalue weighted by Crippen LogP contribution is 2.33. The molecule has 1 amide bonds. The average Bonchev–Trinajstić information content (AvgIpc) is 2.52. The van der Waals surface area contributed by atoms with Crippen molar-refractivity contribution < 1.29 is 9.00 Å². The number of amides is 1. The van der Waals surface area contributed by atoms with Gasteiger partial charge in [-0.15, -0.1) is 0 Å². The molecule has 21 heavy (non-hydrogen) atoms. The molecule has 5 heteroatoms. The summed E-state index contributed by atoms with van der Waals surface area (Å²) >= 11 is 0. The second kappa shape index (κ2) is 7.71. The molecule has 1 aliphatic heterocycles. The fourth-order valence-corrected chi connectivity index (χ4v) is 3.45. The fraction of sp³-hybridized carbons (Fsp3) is 0.562. The van der Waals surface area contributed by atoms with Gasteiger partial charge >= 0.3 is 0 Å². The molecule has 0 aromatic heterocycles. The standard InChI is InChI=1S/C16H24N2O2S/c1-21(20)13-5-10-18-15(19)16(8-11-17-12-9-16)14-6-3-2-4-7-14/h2-4,6-7,17H,5,8-13H2,1H3,(H,18,19). The zero-order valence-corrected chi connectivity index (χ0v) is 13.4. The molecule has 4 nitrogen and oxygen atoms in total. The maximum Gasteiger partial charge on any atom is 0.230 e. The second-order valence-corrected chi connectivity index (χ2v) is 7.14. The molecule has 2 rings (SSSR count). The molecule has 1 unspecified atom stereocenters. The van der Waals surface area contributed by atoms with Crippen LogP contribution in [0.2, 0.25) is 0 Å². The lowest BCUT2D eigenvalue weighted by molar-refractivity contribution is -0.127. The van der Waals surface area contributed by atoms with Crippen LogP contribution in [-0.4, -0.2) is 41.8 Å². The first-order chi connectivity index (χ1) is 10.1. The minimum absolute atomic E-state index is 0.108. The van der Waals surface area contributed by atoms with Gasteiger partial charge in [-0.25, -0.2) is 0 Å². The van der Waals surface area contributed by atoms with Crippen molar-refractivity contribution in [3.05, 3.63) is 35.9 Å². The van der Waals surface area contributed by atoms with Crippen molar-refractivity contribution in [2.75, 3.05) is 31.6 Å². The molecule has 1 heterocycles. The van der Waals surface area contributed by atoms with Gasteiger partial charge in [-0.05, 0) is 37.9 Å². The van der Waals surface area contributed by atoms with Gasteiger partial charge in [0.05, 0.1) is 5.41 Å². The highest BCUT2D eigenvalue weighted by molar-refractivity contribution is 7.84. The second-order valence-electron chi connectivity index (χ2n) is 5.58. The number of piperidine rings is 1. The van der Waals surface area contributed by atoms with Crippen LogP contribution >= 0.6 is 0 Å². The van der Waals surface area contributed by atoms with E-state index in [2.05, 4.69) is 10.6 Å². The zero-order valence-electron chi connectivity index (χ0n) is 12.6. The monoisotopic (exact) mass is 308 g/mol. The maximum absolute atomic E-state index is 12.8. The predicted octanol–water partition coefficient (Wildman–Crippen LogP) is 1.19. The van der Waals surface area contributed by atoms with E-state index in [9.17, 15) is 9.00 Å². The van der Waals surface area contributed by atoms with E-state index in [1.54, 1.807) is 6.26 Å². The molecule has 1 aliphatic rings. The van der Waals surface area contributed by atoms with Gasteiger partial charge in [-0.1, -0.05) is 30.3 Å². The van der Waals surface area contributed by atoms with Crippen LogP contribution in [0.3, 0.4) is 0 Å². The highest BCUT2D eigenvalue weighted by Gasteiger charge is 2.40. The summed E-state index contributed by atoms with van der Waals surface area (Å²) in [5.74, 6) is 0.747. The zero-order chi connectivity index (χ0) is 15.1. The summed E-state index contributed by atoms with van der Waals surface area (Å²) in [4.78, 5) is 12.8. The lowest BCUT2D eigenvalue weighted by Crippen LogP contribution is -2.51. The molecule has 0 spiro atoms. The van der Waals surface area contributed by atoms with Crippen molar-refractivity contribution in [2.45, 2.75) is 24.7 Å². The number of hydrogen-bond acceptors (Lipinski definition) is 3. The number of benzene rings is 1. The first-order valence-corrected chi connectivity index (χ1v) is 9.22. The molecule has 116 valence electrons. The van der Waals surface area contributed by atoms with E-state index in [4.69, 9.17) is 0 Å². The summed E-state index contributed by atoms with van der Waals surface area (Å²) in [5, 5.41) is 6.37. The Kier molecular flexibility index (Phi) is 5.94. The molecule has 2 N–H and O–H groups in total. The molecule has 1 fully saturated rings. The van der Waals surface area contributed by atoms with Crippen molar-refractivity contribution in [1.29, 1.82) is 0 Å². The first kappa shape index (κ1) is 16.2. The molecule has 1 atom stereocenters. The number of rotatable bonds is 6. The molecule has 0 saturated carbocycles. The minimum Gasteiger partial charge on any atom is -0.355 e. The van der Waals surface area contributed by atoms with Crippen molar-refractivity contribution in [3.63, 3.8) is 0 Å². The van der Waals surface area contributed by atoms with E-state index in [0.29, 0.717) is 12.3 Å². The Morgan fingerprint density at radius 1 is 1.29 bits per heavy atom. The molecular weight excluding hydrogens is 284 g/mol. The Bertz CT molecular complexity index is 484. The maximum atomic E-state index is 12.8. The number of carbonyl (C=O) groups excluding carboxylic acids is 1. The number of hydrogen-bond donors (Lipinski definition) is 2. The third-order valence-electron chi connectivity index (χ3n) is 4.11. The molecule has 0 radical (unpaired) electrons. The molecular formula is C16H24N2O2S. The van der Waals surface area contributed by atoms with Crippen LogP contribution in [0, 0.1) is 0 Å². The van der Waals surface area contributed by atoms with Gasteiger partial charge in [0.25, 0.3) is 0 Å². The van der Waals surface area contributed by atoms with E-state index >= 15 is 0 Å². The van der Waals surface area contributed by atoms with E-state index in [1.165, 1.54) is 0 Å². The summed E-state index contributed by atoms with van der Waals surface area (Å²) in [6.45, 7) is 2.32. The van der Waals surface area contributed by atoms with E-state index < -0.39 is 16.2 Å². The van der Waals surface area contributed by atoms with Crippen molar-refractivity contribution >= 4 is 16.7 Å². The van der Waals surface area contributed by atoms with Crippen molar-refractivity contribution in [1.82, 2.24) is 10.6 Å². The number of nitrogens with one attached hydrogen (secondary N) is 2. The van der Waals surface area contributed by atoms with Gasteiger partial charge < -0.3 is 10.6 Å². The number of carbonyl (C=O) groups is 1. The average molecular weight is 308 g/mol. The molecule has 1 saturated heterocycles. The third-order valence-corrected chi connectivity index (χ3v) is 4.98. The van der Waals surface area contributed by atoms with Crippen LogP contribution in [0.1, 0.15) is 24.8 Å². The van der Waals surface area contributed by atoms with Gasteiger partial charge in [-0.3, -0.25) is 9.00 Å². The Balaban J connectivity index is 2.05. The summed E-state index contributed by atoms with van der Waals surface area (Å²) in [5.41, 5.74) is 0.681. The first-order valence-electron chi connectivity index (χ1n) is 7.50. The predicted molar refractivity (Wildman–Crippen MR) is 86.8 cm³/mol. The molecule has 1 aromatic rings. The van der Waals surface area contributed by atoms with Crippen molar-refractivity contribution in [3.8, 4) is 0 Å². The van der Waals surface area contributed by atoms with Gasteiger partial charge in [0.2, 0.25) is 5.91 Å². The Labute approximate surface area is 129 Å². The van der Waals surface area contributed by atoms with Crippen LogP contribution in [0.5, 0.6) is 0 Å². The van der Waals surface area contributed by atoms with Crippen LogP contribution < -0.4 is 10.6 Å². The SMILES string of the molecule is CS(=O)CCCNC(=O)C1(c2ccccc2)CCNCC1. The lowest BCUT2D eigenvalue weighted by Gasteiger charge is -2.36. The fourth-order valence-electron chi connectivity index (χ4n) is 2.90. The van der Waals surface area contributed by atoms with Crippen molar-refractivity contribution in [2.24, 2.45) is 0 Å². The van der Waals surface area contributed by atoms with E-state index in [1.807, 2.05) is 30.3 Å². The Morgan fingerprint density at radius 2 is 1.95 bits per heavy atom. The smallest absolute Gasteiger partial charge is 0.230 e. The van der Waals surface area contributed by atoms with E-state index in [0.717, 1.165) is 37.9 Å². The van der Waals surface area contributed by atoms with Crippen LogP contribution in [0.4, 0.5) is 0 Å². The Hall–Kier alpha value is -1.20. The summed E-state index contributed by atoms with van der Waals surface area (Å²) in [6, 6.07) is 10.1. The topological polar surface area (TPSA) is 58.2 Å². The highest BCUT2D eigenvalue weighted by atomic mass is 32.2. The summed E-state index contributed by atoms with van der Waals surface area (Å²) in [6.07, 6.45) is 4.10. The van der Waals surface area contributed by atoms with Gasteiger partial charge in [0.15, 0.2) is 0 Å². The van der Waals surface area contributed by atoms with Crippen LogP contribution in [0.15, 0.2) is 30.3 Å². The largest absolute Gasteiger partial charge is 0.355 e.